The second-order valence-corrected chi connectivity index (χ2v) is 7.76. The summed E-state index contributed by atoms with van der Waals surface area (Å²) in [6.07, 6.45) is 11.0. The van der Waals surface area contributed by atoms with Gasteiger partial charge in [0.1, 0.15) is 5.02 Å². The summed E-state index contributed by atoms with van der Waals surface area (Å²) >= 11 is 6.24. The van der Waals surface area contributed by atoms with Crippen molar-refractivity contribution in [3.63, 3.8) is 0 Å². The molecule has 1 amide bonds. The average molecular weight is 459 g/mol. The second-order valence-electron chi connectivity index (χ2n) is 7.36. The highest BCUT2D eigenvalue weighted by molar-refractivity contribution is 6.33. The molecular formula is C24H35ClN6O. The van der Waals surface area contributed by atoms with Crippen molar-refractivity contribution in [2.24, 2.45) is 0 Å². The van der Waals surface area contributed by atoms with Crippen molar-refractivity contribution in [3.05, 3.63) is 48.1 Å². The molecule has 8 heteroatoms. The van der Waals surface area contributed by atoms with E-state index in [0.717, 1.165) is 25.9 Å². The van der Waals surface area contributed by atoms with Crippen molar-refractivity contribution in [1.29, 1.82) is 0 Å². The predicted octanol–water partition coefficient (Wildman–Crippen LogP) is 5.75. The van der Waals surface area contributed by atoms with Gasteiger partial charge in [-0.2, -0.15) is 4.98 Å². The summed E-state index contributed by atoms with van der Waals surface area (Å²) in [6, 6.07) is 7.58. The van der Waals surface area contributed by atoms with Gasteiger partial charge in [-0.05, 0) is 37.6 Å². The Morgan fingerprint density at radius 1 is 1.16 bits per heavy atom. The normalized spacial score (nSPS) is 16.7. The van der Waals surface area contributed by atoms with Crippen molar-refractivity contribution in [2.45, 2.75) is 58.4 Å². The van der Waals surface area contributed by atoms with E-state index >= 15 is 0 Å². The van der Waals surface area contributed by atoms with Gasteiger partial charge in [-0.3, -0.25) is 4.79 Å². The third-order valence-corrected chi connectivity index (χ3v) is 5.27. The average Bonchev–Trinajstić information content (AvgIpc) is 2.78. The van der Waals surface area contributed by atoms with Gasteiger partial charge in [0, 0.05) is 12.6 Å². The van der Waals surface area contributed by atoms with E-state index in [1.807, 2.05) is 32.0 Å². The molecule has 0 radical (unpaired) electrons. The number of benzene rings is 1. The van der Waals surface area contributed by atoms with Gasteiger partial charge in [0.15, 0.2) is 5.82 Å². The summed E-state index contributed by atoms with van der Waals surface area (Å²) in [5, 5.41) is 13.0. The highest BCUT2D eigenvalue weighted by Gasteiger charge is 2.15. The Morgan fingerprint density at radius 3 is 2.44 bits per heavy atom. The van der Waals surface area contributed by atoms with Crippen LogP contribution in [-0.2, 0) is 4.79 Å². The fraction of sp³-hybridized carbons (Fsp3) is 0.458. The van der Waals surface area contributed by atoms with E-state index in [-0.39, 0.29) is 11.9 Å². The lowest BCUT2D eigenvalue weighted by molar-refractivity contribution is -0.111. The number of piperidine rings is 1. The summed E-state index contributed by atoms with van der Waals surface area (Å²) in [4.78, 5) is 20.3. The third kappa shape index (κ3) is 8.48. The summed E-state index contributed by atoms with van der Waals surface area (Å²) in [5.74, 6) is 0.687. The monoisotopic (exact) mass is 458 g/mol. The molecule has 4 rings (SSSR count). The fourth-order valence-corrected chi connectivity index (χ4v) is 3.08. The quantitative estimate of drug-likeness (QED) is 0.412. The van der Waals surface area contributed by atoms with Crippen LogP contribution < -0.4 is 21.3 Å². The van der Waals surface area contributed by atoms with Gasteiger partial charge in [-0.1, -0.05) is 69.8 Å². The number of anilines is 4. The SMILES string of the molecule is C1CCC1.C=CC(=O)Nc1ccccc1Nc1nc(NC2CCCNC2)ncc1Cl.CC. The highest BCUT2D eigenvalue weighted by Crippen LogP contribution is 2.28. The van der Waals surface area contributed by atoms with E-state index < -0.39 is 0 Å². The van der Waals surface area contributed by atoms with Crippen LogP contribution in [0.2, 0.25) is 5.02 Å². The van der Waals surface area contributed by atoms with E-state index in [1.54, 1.807) is 12.3 Å². The number of nitrogens with one attached hydrogen (secondary N) is 4. The number of rotatable bonds is 6. The summed E-state index contributed by atoms with van der Waals surface area (Å²) < 4.78 is 0. The summed E-state index contributed by atoms with van der Waals surface area (Å²) in [7, 11) is 0. The first-order valence-electron chi connectivity index (χ1n) is 11.4. The molecule has 1 atom stereocenters. The third-order valence-electron chi connectivity index (χ3n) is 5.00. The van der Waals surface area contributed by atoms with Crippen LogP contribution >= 0.6 is 11.6 Å². The molecule has 2 aromatic rings. The topological polar surface area (TPSA) is 91.0 Å². The van der Waals surface area contributed by atoms with Crippen LogP contribution in [0.15, 0.2) is 43.1 Å². The zero-order chi connectivity index (χ0) is 23.2. The van der Waals surface area contributed by atoms with Gasteiger partial charge in [-0.15, -0.1) is 0 Å². The predicted molar refractivity (Wildman–Crippen MR) is 135 cm³/mol. The number of aromatic nitrogens is 2. The number of carbonyl (C=O) groups is 1. The van der Waals surface area contributed by atoms with Gasteiger partial charge in [0.05, 0.1) is 17.6 Å². The van der Waals surface area contributed by atoms with Crippen LogP contribution in [0.4, 0.5) is 23.1 Å². The number of hydrogen-bond donors (Lipinski definition) is 4. The molecule has 4 N–H and O–H groups in total. The molecule has 1 aliphatic carbocycles. The Bertz CT molecular complexity index is 846. The molecule has 7 nitrogen and oxygen atoms in total. The van der Waals surface area contributed by atoms with E-state index in [9.17, 15) is 4.79 Å². The largest absolute Gasteiger partial charge is 0.350 e. The Kier molecular flexibility index (Phi) is 11.6. The zero-order valence-electron chi connectivity index (χ0n) is 19.1. The molecule has 2 aliphatic rings. The minimum atomic E-state index is -0.291. The minimum absolute atomic E-state index is 0.289. The van der Waals surface area contributed by atoms with E-state index in [0.29, 0.717) is 28.2 Å². The van der Waals surface area contributed by atoms with Crippen molar-refractivity contribution < 1.29 is 4.79 Å². The lowest BCUT2D eigenvalue weighted by Crippen LogP contribution is -2.38. The van der Waals surface area contributed by atoms with Crippen LogP contribution in [0.25, 0.3) is 0 Å². The van der Waals surface area contributed by atoms with Crippen molar-refractivity contribution >= 4 is 40.6 Å². The van der Waals surface area contributed by atoms with Gasteiger partial charge in [0.2, 0.25) is 11.9 Å². The molecule has 1 saturated carbocycles. The Labute approximate surface area is 196 Å². The van der Waals surface area contributed by atoms with Crippen molar-refractivity contribution in [2.75, 3.05) is 29.0 Å². The summed E-state index contributed by atoms with van der Waals surface area (Å²) in [6.45, 7) is 9.39. The lowest BCUT2D eigenvalue weighted by atomic mass is 10.0. The Hall–Kier alpha value is -2.64. The minimum Gasteiger partial charge on any atom is -0.350 e. The first-order chi connectivity index (χ1) is 15.7. The molecule has 0 bridgehead atoms. The van der Waals surface area contributed by atoms with Gasteiger partial charge in [0.25, 0.3) is 0 Å². The van der Waals surface area contributed by atoms with Crippen LogP contribution in [0.5, 0.6) is 0 Å². The Balaban J connectivity index is 0.000000533. The number of hydrogen-bond acceptors (Lipinski definition) is 6. The summed E-state index contributed by atoms with van der Waals surface area (Å²) in [5.41, 5.74) is 1.28. The first-order valence-corrected chi connectivity index (χ1v) is 11.8. The van der Waals surface area contributed by atoms with Gasteiger partial charge in [-0.25, -0.2) is 4.98 Å². The molecule has 0 spiro atoms. The molecule has 1 aliphatic heterocycles. The van der Waals surface area contributed by atoms with Crippen molar-refractivity contribution in [1.82, 2.24) is 15.3 Å². The zero-order valence-corrected chi connectivity index (χ0v) is 19.8. The number of para-hydroxylation sites is 2. The molecular weight excluding hydrogens is 424 g/mol. The molecule has 1 aromatic carbocycles. The van der Waals surface area contributed by atoms with Gasteiger partial charge < -0.3 is 21.3 Å². The molecule has 1 saturated heterocycles. The number of amides is 1. The smallest absolute Gasteiger partial charge is 0.247 e. The Morgan fingerprint density at radius 2 is 1.84 bits per heavy atom. The maximum atomic E-state index is 11.6. The van der Waals surface area contributed by atoms with Crippen LogP contribution in [0.1, 0.15) is 52.4 Å². The fourth-order valence-electron chi connectivity index (χ4n) is 2.94. The first kappa shape index (κ1) is 25.6. The number of halogens is 1. The van der Waals surface area contributed by atoms with Crippen molar-refractivity contribution in [3.8, 4) is 0 Å². The standard InChI is InChI=1S/C18H21ClN6O.C4H8.C2H6/c1-2-16(26)23-14-7-3-4-8-15(14)24-17-13(19)11-21-18(25-17)22-12-6-5-9-20-10-12;1-2-4-3-1;1-2/h2-4,7-8,11-12,20H,1,5-6,9-10H2,(H,23,26)(H2,21,22,24,25);1-4H2;1-2H3. The number of carbonyl (C=O) groups excluding carboxylic acids is 1. The van der Waals surface area contributed by atoms with Crippen LogP contribution in [0, 0.1) is 0 Å². The van der Waals surface area contributed by atoms with Crippen LogP contribution in [0.3, 0.4) is 0 Å². The number of nitrogens with zero attached hydrogens (tertiary/aromatic N) is 2. The molecule has 2 fully saturated rings. The maximum absolute atomic E-state index is 11.6. The lowest BCUT2D eigenvalue weighted by Gasteiger charge is -2.24. The second kappa shape index (κ2) is 14.4. The molecule has 174 valence electrons. The molecule has 2 heterocycles. The molecule has 32 heavy (non-hydrogen) atoms. The van der Waals surface area contributed by atoms with Crippen LogP contribution in [-0.4, -0.2) is 35.0 Å². The highest BCUT2D eigenvalue weighted by atomic mass is 35.5. The van der Waals surface area contributed by atoms with E-state index in [4.69, 9.17) is 11.6 Å². The maximum Gasteiger partial charge on any atom is 0.247 e. The molecule has 1 unspecified atom stereocenters. The van der Waals surface area contributed by atoms with E-state index in [2.05, 4.69) is 37.8 Å². The molecule has 1 aromatic heterocycles. The van der Waals surface area contributed by atoms with Gasteiger partial charge >= 0.3 is 0 Å². The van der Waals surface area contributed by atoms with E-state index in [1.165, 1.54) is 31.8 Å².